The number of rotatable bonds is 3. The average Bonchev–Trinajstić information content (AvgIpc) is 2.82. The molecule has 0 radical (unpaired) electrons. The van der Waals surface area contributed by atoms with Crippen LogP contribution in [0.15, 0.2) is 6.20 Å². The molecule has 96 valence electrons. The third-order valence-electron chi connectivity index (χ3n) is 3.11. The Labute approximate surface area is 108 Å². The molecule has 1 N–H and O–H groups in total. The largest absolute Gasteiger partial charge is 0.377 e. The molecule has 0 aliphatic carbocycles. The fourth-order valence-electron chi connectivity index (χ4n) is 1.97. The molecule has 2 rings (SSSR count). The zero-order valence-corrected chi connectivity index (χ0v) is 11.9. The zero-order chi connectivity index (χ0) is 12.5. The van der Waals surface area contributed by atoms with E-state index in [0.717, 1.165) is 19.6 Å². The van der Waals surface area contributed by atoms with E-state index in [1.54, 1.807) is 0 Å². The minimum Gasteiger partial charge on any atom is -0.377 e. The van der Waals surface area contributed by atoms with Crippen molar-refractivity contribution in [1.82, 2.24) is 10.3 Å². The molecule has 2 atom stereocenters. The van der Waals surface area contributed by atoms with Crippen LogP contribution in [-0.2, 0) is 16.7 Å². The van der Waals surface area contributed by atoms with Gasteiger partial charge in [0, 0.05) is 35.7 Å². The molecule has 1 aliphatic heterocycles. The lowest BCUT2D eigenvalue weighted by Gasteiger charge is -2.15. The highest BCUT2D eigenvalue weighted by molar-refractivity contribution is 7.11. The number of ether oxygens (including phenoxy) is 1. The molecule has 0 amide bonds. The summed E-state index contributed by atoms with van der Waals surface area (Å²) in [5.74, 6) is 0. The number of nitrogens with zero attached hydrogens (tertiary/aromatic N) is 1. The van der Waals surface area contributed by atoms with Crippen LogP contribution in [0.2, 0.25) is 0 Å². The Morgan fingerprint density at radius 2 is 2.29 bits per heavy atom. The first-order chi connectivity index (χ1) is 7.97. The van der Waals surface area contributed by atoms with Gasteiger partial charge < -0.3 is 10.1 Å². The molecule has 0 saturated carbocycles. The van der Waals surface area contributed by atoms with Gasteiger partial charge in [-0.1, -0.05) is 20.8 Å². The quantitative estimate of drug-likeness (QED) is 0.900. The minimum atomic E-state index is 0.159. The second-order valence-electron chi connectivity index (χ2n) is 5.73. The van der Waals surface area contributed by atoms with Crippen molar-refractivity contribution in [3.63, 3.8) is 0 Å². The fraction of sp³-hybridized carbons (Fsp3) is 0.769. The maximum Gasteiger partial charge on any atom is 0.0981 e. The first-order valence-corrected chi connectivity index (χ1v) is 7.08. The number of thiazole rings is 1. The third kappa shape index (κ3) is 3.27. The third-order valence-corrected chi connectivity index (χ3v) is 4.53. The van der Waals surface area contributed by atoms with E-state index < -0.39 is 0 Å². The van der Waals surface area contributed by atoms with Crippen molar-refractivity contribution in [3.8, 4) is 0 Å². The van der Waals surface area contributed by atoms with Crippen molar-refractivity contribution in [2.45, 2.75) is 58.2 Å². The van der Waals surface area contributed by atoms with E-state index in [0.29, 0.717) is 12.1 Å². The summed E-state index contributed by atoms with van der Waals surface area (Å²) in [4.78, 5) is 5.81. The topological polar surface area (TPSA) is 34.1 Å². The predicted molar refractivity (Wildman–Crippen MR) is 71.5 cm³/mol. The Morgan fingerprint density at radius 1 is 1.53 bits per heavy atom. The summed E-state index contributed by atoms with van der Waals surface area (Å²) in [6.07, 6.45) is 3.45. The normalized spacial score (nSPS) is 25.4. The maximum atomic E-state index is 5.54. The van der Waals surface area contributed by atoms with E-state index in [1.807, 2.05) is 17.5 Å². The van der Waals surface area contributed by atoms with Gasteiger partial charge in [-0.25, -0.2) is 4.98 Å². The molecule has 1 aromatic heterocycles. The molecule has 17 heavy (non-hydrogen) atoms. The summed E-state index contributed by atoms with van der Waals surface area (Å²) in [6, 6.07) is 0.496. The van der Waals surface area contributed by atoms with Gasteiger partial charge in [0.1, 0.15) is 0 Å². The molecule has 2 unspecified atom stereocenters. The smallest absolute Gasteiger partial charge is 0.0981 e. The van der Waals surface area contributed by atoms with Crippen LogP contribution in [0, 0.1) is 0 Å². The van der Waals surface area contributed by atoms with Gasteiger partial charge >= 0.3 is 0 Å². The molecule has 0 aromatic carbocycles. The van der Waals surface area contributed by atoms with Gasteiger partial charge in [0.15, 0.2) is 0 Å². The van der Waals surface area contributed by atoms with Gasteiger partial charge in [0.05, 0.1) is 11.1 Å². The Kier molecular flexibility index (Phi) is 3.85. The zero-order valence-electron chi connectivity index (χ0n) is 11.1. The number of aromatic nitrogens is 1. The van der Waals surface area contributed by atoms with Crippen molar-refractivity contribution in [2.75, 3.05) is 6.61 Å². The summed E-state index contributed by atoms with van der Waals surface area (Å²) >= 11 is 1.81. The molecule has 3 nitrogen and oxygen atoms in total. The van der Waals surface area contributed by atoms with Crippen molar-refractivity contribution in [1.29, 1.82) is 0 Å². The highest BCUT2D eigenvalue weighted by atomic mass is 32.1. The van der Waals surface area contributed by atoms with Crippen LogP contribution in [0.3, 0.4) is 0 Å². The highest BCUT2D eigenvalue weighted by Crippen LogP contribution is 2.26. The highest BCUT2D eigenvalue weighted by Gasteiger charge is 2.24. The first kappa shape index (κ1) is 13.0. The first-order valence-electron chi connectivity index (χ1n) is 6.27. The van der Waals surface area contributed by atoms with E-state index in [9.17, 15) is 0 Å². The van der Waals surface area contributed by atoms with Crippen LogP contribution in [-0.4, -0.2) is 23.7 Å². The van der Waals surface area contributed by atoms with Crippen LogP contribution in [0.5, 0.6) is 0 Å². The second-order valence-corrected chi connectivity index (χ2v) is 6.85. The van der Waals surface area contributed by atoms with E-state index in [4.69, 9.17) is 4.74 Å². The lowest BCUT2D eigenvalue weighted by atomic mass is 9.98. The second kappa shape index (κ2) is 5.04. The lowest BCUT2D eigenvalue weighted by Crippen LogP contribution is -2.33. The van der Waals surface area contributed by atoms with Crippen molar-refractivity contribution >= 4 is 11.3 Å². The molecule has 0 bridgehead atoms. The Balaban J connectivity index is 1.89. The van der Waals surface area contributed by atoms with Crippen LogP contribution in [0.4, 0.5) is 0 Å². The molecule has 1 aliphatic rings. The van der Waals surface area contributed by atoms with Gasteiger partial charge in [-0.15, -0.1) is 11.3 Å². The molecule has 1 aromatic rings. The van der Waals surface area contributed by atoms with Crippen molar-refractivity contribution in [3.05, 3.63) is 16.1 Å². The van der Waals surface area contributed by atoms with Gasteiger partial charge in [-0.2, -0.15) is 0 Å². The number of hydrogen-bond donors (Lipinski definition) is 1. The molecular formula is C13H22N2OS. The van der Waals surface area contributed by atoms with Crippen LogP contribution < -0.4 is 5.32 Å². The predicted octanol–water partition coefficient (Wildman–Crippen LogP) is 2.71. The van der Waals surface area contributed by atoms with Gasteiger partial charge in [-0.05, 0) is 13.3 Å². The molecule has 1 fully saturated rings. The number of nitrogens with one attached hydrogen (secondary N) is 1. The lowest BCUT2D eigenvalue weighted by molar-refractivity contribution is 0.113. The van der Waals surface area contributed by atoms with Crippen molar-refractivity contribution < 1.29 is 4.74 Å². The maximum absolute atomic E-state index is 5.54. The van der Waals surface area contributed by atoms with E-state index >= 15 is 0 Å². The van der Waals surface area contributed by atoms with Gasteiger partial charge in [-0.3, -0.25) is 0 Å². The standard InChI is InChI=1S/C13H22N2OS/c1-9-11(5-6-16-9)14-7-10-8-15-12(17-10)13(2,3)4/h8-9,11,14H,5-7H2,1-4H3. The monoisotopic (exact) mass is 254 g/mol. The summed E-state index contributed by atoms with van der Waals surface area (Å²) in [5.41, 5.74) is 0.159. The van der Waals surface area contributed by atoms with Crippen LogP contribution in [0.25, 0.3) is 0 Å². The van der Waals surface area contributed by atoms with E-state index in [-0.39, 0.29) is 5.41 Å². The Morgan fingerprint density at radius 3 is 2.82 bits per heavy atom. The molecule has 1 saturated heterocycles. The van der Waals surface area contributed by atoms with E-state index in [1.165, 1.54) is 9.88 Å². The summed E-state index contributed by atoms with van der Waals surface area (Å²) < 4.78 is 5.54. The Bertz CT molecular complexity index is 370. The average molecular weight is 254 g/mol. The minimum absolute atomic E-state index is 0.159. The number of hydrogen-bond acceptors (Lipinski definition) is 4. The molecular weight excluding hydrogens is 232 g/mol. The summed E-state index contributed by atoms with van der Waals surface area (Å²) in [5, 5.41) is 4.77. The molecule has 0 spiro atoms. The molecule has 4 heteroatoms. The summed E-state index contributed by atoms with van der Waals surface area (Å²) in [6.45, 7) is 10.5. The molecule has 2 heterocycles. The summed E-state index contributed by atoms with van der Waals surface area (Å²) in [7, 11) is 0. The van der Waals surface area contributed by atoms with Crippen molar-refractivity contribution in [2.24, 2.45) is 0 Å². The SMILES string of the molecule is CC1OCCC1NCc1cnc(C(C)(C)C)s1. The fourth-order valence-corrected chi connectivity index (χ4v) is 2.89. The van der Waals surface area contributed by atoms with Crippen LogP contribution >= 0.6 is 11.3 Å². The van der Waals surface area contributed by atoms with Crippen LogP contribution in [0.1, 0.15) is 44.0 Å². The van der Waals surface area contributed by atoms with Gasteiger partial charge in [0.2, 0.25) is 0 Å². The van der Waals surface area contributed by atoms with E-state index in [2.05, 4.69) is 38.0 Å². The Hall–Kier alpha value is -0.450. The van der Waals surface area contributed by atoms with Gasteiger partial charge in [0.25, 0.3) is 0 Å².